The number of hydrogen-bond donors (Lipinski definition) is 5. The van der Waals surface area contributed by atoms with Crippen LogP contribution in [-0.2, 0) is 21.8 Å². The van der Waals surface area contributed by atoms with Crippen molar-refractivity contribution in [2.45, 2.75) is 12.4 Å². The topological polar surface area (TPSA) is 196 Å². The van der Waals surface area contributed by atoms with Crippen molar-refractivity contribution < 1.29 is 59.6 Å². The van der Waals surface area contributed by atoms with Crippen LogP contribution in [-0.4, -0.2) is 95.3 Å². The summed E-state index contributed by atoms with van der Waals surface area (Å²) in [6.07, 6.45) is -5.24. The molecule has 2 fully saturated rings. The van der Waals surface area contributed by atoms with Crippen molar-refractivity contribution in [3.63, 3.8) is 0 Å². The highest BCUT2D eigenvalue weighted by Gasteiger charge is 2.31. The number of morpholine rings is 2. The summed E-state index contributed by atoms with van der Waals surface area (Å²) in [5, 5.41) is 23.6. The van der Waals surface area contributed by atoms with Gasteiger partial charge in [-0.2, -0.15) is 41.4 Å². The first-order valence-electron chi connectivity index (χ1n) is 20.2. The first-order chi connectivity index (χ1) is 32.9. The number of carbonyl (C=O) groups is 1. The lowest BCUT2D eigenvalue weighted by atomic mass is 10.0. The number of carbonyl (C=O) groups excluding carboxylic acids is 1. The van der Waals surface area contributed by atoms with Crippen LogP contribution in [0.4, 0.5) is 58.7 Å². The number of nitrogens with two attached hydrogens (primary N) is 1. The number of anilines is 4. The molecule has 15 nitrogen and oxygen atoms in total. The maximum Gasteiger partial charge on any atom is 0.416 e. The van der Waals surface area contributed by atoms with Gasteiger partial charge in [-0.15, -0.1) is 0 Å². The fourth-order valence-corrected chi connectivity index (χ4v) is 6.96. The van der Waals surface area contributed by atoms with Crippen LogP contribution in [0.2, 0.25) is 10.0 Å². The second kappa shape index (κ2) is 22.9. The molecule has 2 saturated heterocycles. The summed E-state index contributed by atoms with van der Waals surface area (Å²) in [4.78, 5) is 29.9. The molecule has 6 aromatic rings. The molecule has 0 amide bonds. The third-order valence-electron chi connectivity index (χ3n) is 9.93. The molecule has 4 aromatic carbocycles. The van der Waals surface area contributed by atoms with Crippen molar-refractivity contribution in [2.24, 2.45) is 10.9 Å². The van der Waals surface area contributed by atoms with E-state index >= 15 is 0 Å². The molecule has 4 heterocycles. The average Bonchev–Trinajstić information content (AvgIpc) is 3.34. The Kier molecular flexibility index (Phi) is 17.1. The largest absolute Gasteiger partial charge is 0.506 e. The van der Waals surface area contributed by atoms with Gasteiger partial charge in [-0.05, 0) is 70.8 Å². The summed E-state index contributed by atoms with van der Waals surface area (Å²) in [7, 11) is 0. The lowest BCUT2D eigenvalue weighted by Crippen LogP contribution is -2.37. The van der Waals surface area contributed by atoms with Gasteiger partial charge in [0.2, 0.25) is 11.9 Å². The molecule has 2 aliphatic rings. The number of ether oxygens (including phenoxy) is 2. The third-order valence-corrected chi connectivity index (χ3v) is 10.5. The van der Waals surface area contributed by atoms with E-state index in [1.165, 1.54) is 54.7 Å². The Morgan fingerprint density at radius 2 is 1.09 bits per heavy atom. The van der Waals surface area contributed by atoms with Crippen LogP contribution in [0, 0.1) is 11.6 Å². The number of halogens is 10. The third kappa shape index (κ3) is 13.6. The molecule has 0 aliphatic carbocycles. The molecule has 8 rings (SSSR count). The number of aromatic hydroxyl groups is 2. The van der Waals surface area contributed by atoms with Gasteiger partial charge in [-0.3, -0.25) is 10.2 Å². The van der Waals surface area contributed by atoms with Gasteiger partial charge in [-0.25, -0.2) is 30.0 Å². The van der Waals surface area contributed by atoms with E-state index in [0.717, 1.165) is 36.7 Å². The van der Waals surface area contributed by atoms with Gasteiger partial charge in [0, 0.05) is 31.7 Å². The van der Waals surface area contributed by atoms with E-state index < -0.39 is 40.9 Å². The first kappa shape index (κ1) is 51.5. The molecule has 25 heteroatoms. The Morgan fingerprint density at radius 1 is 0.652 bits per heavy atom. The van der Waals surface area contributed by atoms with Crippen LogP contribution in [0.25, 0.3) is 22.3 Å². The molecule has 0 radical (unpaired) electrons. The standard InChI is InChI=1S/C22H18ClF4N5O2.C14H8ClF3O2.C8H12FN5O/c23-17-10-14(13-2-1-3-16(9-13)22(25,26)27)8-15(19(17)33)11-29-31-21-28-12-18(24)20(30-21)32-4-6-34-7-5-32;15-12-6-9(4-10(7-19)13(12)20)8-2-1-3-11(5-8)14(16,17)18;9-6-5-11-8(13-10)12-7(6)14-1-3-15-4-2-14/h1-3,8-12,33H,4-7H2,(H,28,30,31);1-7,20H;5H,1-4,10H2,(H,11,12,13)/b29-11-;;. The summed E-state index contributed by atoms with van der Waals surface area (Å²) in [6, 6.07) is 14.7. The Bertz CT molecular complexity index is 2780. The van der Waals surface area contributed by atoms with E-state index in [2.05, 4.69) is 35.9 Å². The number of phenolic OH excluding ortho intramolecular Hbond substituents is 2. The number of benzene rings is 4. The number of rotatable bonds is 9. The monoisotopic (exact) mass is 1010 g/mol. The van der Waals surface area contributed by atoms with E-state index in [9.17, 15) is 50.1 Å². The van der Waals surface area contributed by atoms with Crippen LogP contribution >= 0.6 is 23.2 Å². The zero-order chi connectivity index (χ0) is 49.9. The van der Waals surface area contributed by atoms with Crippen LogP contribution in [0.3, 0.4) is 0 Å². The Balaban J connectivity index is 0.000000188. The van der Waals surface area contributed by atoms with Crippen LogP contribution in [0.5, 0.6) is 11.5 Å². The molecule has 0 atom stereocenters. The Hall–Kier alpha value is -6.92. The van der Waals surface area contributed by atoms with Gasteiger partial charge in [0.1, 0.15) is 11.5 Å². The summed E-state index contributed by atoms with van der Waals surface area (Å²) in [5.74, 6) is 4.01. The average molecular weight is 1010 g/mol. The number of alkyl halides is 6. The van der Waals surface area contributed by atoms with Gasteiger partial charge >= 0.3 is 12.4 Å². The van der Waals surface area contributed by atoms with E-state index in [-0.39, 0.29) is 61.6 Å². The molecule has 2 aliphatic heterocycles. The predicted octanol–water partition coefficient (Wildman–Crippen LogP) is 9.22. The minimum absolute atomic E-state index is 0.0127. The van der Waals surface area contributed by atoms with Gasteiger partial charge in [0.15, 0.2) is 29.6 Å². The fourth-order valence-electron chi connectivity index (χ4n) is 6.51. The molecular weight excluding hydrogens is 971 g/mol. The number of hydrazone groups is 1. The molecule has 6 N–H and O–H groups in total. The lowest BCUT2D eigenvalue weighted by molar-refractivity contribution is -0.138. The quantitative estimate of drug-likeness (QED) is 0.0302. The van der Waals surface area contributed by atoms with Gasteiger partial charge < -0.3 is 29.5 Å². The molecule has 69 heavy (non-hydrogen) atoms. The number of nitrogens with zero attached hydrogens (tertiary/aromatic N) is 7. The summed E-state index contributed by atoms with van der Waals surface area (Å²) < 4.78 is 115. The highest BCUT2D eigenvalue weighted by atomic mass is 35.5. The molecule has 0 spiro atoms. The summed E-state index contributed by atoms with van der Waals surface area (Å²) in [5.41, 5.74) is 4.48. The number of hydrogen-bond acceptors (Lipinski definition) is 15. The highest BCUT2D eigenvalue weighted by Crippen LogP contribution is 2.38. The highest BCUT2D eigenvalue weighted by molar-refractivity contribution is 6.33. The molecule has 0 saturated carbocycles. The summed E-state index contributed by atoms with van der Waals surface area (Å²) >= 11 is 11.8. The molecule has 0 bridgehead atoms. The minimum atomic E-state index is -4.50. The number of nitrogen functional groups attached to an aromatic ring is 1. The molecule has 0 unspecified atom stereocenters. The van der Waals surface area contributed by atoms with E-state index in [0.29, 0.717) is 70.0 Å². The van der Waals surface area contributed by atoms with Gasteiger partial charge in [-0.1, -0.05) is 47.5 Å². The number of hydrazine groups is 1. The zero-order valence-corrected chi connectivity index (χ0v) is 37.0. The van der Waals surface area contributed by atoms with Crippen LogP contribution in [0.15, 0.2) is 90.3 Å². The van der Waals surface area contributed by atoms with E-state index in [1.807, 2.05) is 0 Å². The molecule has 2 aromatic heterocycles. The van der Waals surface area contributed by atoms with Crippen molar-refractivity contribution in [1.29, 1.82) is 0 Å². The van der Waals surface area contributed by atoms with Crippen LogP contribution in [0.1, 0.15) is 27.0 Å². The first-order valence-corrected chi connectivity index (χ1v) is 20.9. The van der Waals surface area contributed by atoms with E-state index in [4.69, 9.17) is 38.5 Å². The van der Waals surface area contributed by atoms with Crippen molar-refractivity contribution in [1.82, 2.24) is 19.9 Å². The van der Waals surface area contributed by atoms with Crippen molar-refractivity contribution >= 4 is 59.2 Å². The second-order valence-electron chi connectivity index (χ2n) is 14.5. The van der Waals surface area contributed by atoms with E-state index in [1.54, 1.807) is 9.80 Å². The van der Waals surface area contributed by atoms with Crippen molar-refractivity contribution in [3.8, 4) is 33.8 Å². The lowest BCUT2D eigenvalue weighted by Gasteiger charge is -2.27. The number of aromatic nitrogens is 4. The van der Waals surface area contributed by atoms with Gasteiger partial charge in [0.05, 0.1) is 71.8 Å². The zero-order valence-electron chi connectivity index (χ0n) is 35.5. The van der Waals surface area contributed by atoms with Crippen molar-refractivity contribution in [3.05, 3.63) is 129 Å². The second-order valence-corrected chi connectivity index (χ2v) is 15.3. The number of aldehydes is 1. The minimum Gasteiger partial charge on any atom is -0.506 e. The predicted molar refractivity (Wildman–Crippen MR) is 242 cm³/mol. The SMILES string of the molecule is NNc1ncc(F)c(N2CCOCC2)n1.O=Cc1cc(-c2cccc(C(F)(F)F)c2)cc(Cl)c1O.Oc1c(Cl)cc(-c2cccc(C(F)(F)F)c2)cc1/C=N\Nc1ncc(F)c(N2CCOCC2)n1. The maximum absolute atomic E-state index is 14.2. The summed E-state index contributed by atoms with van der Waals surface area (Å²) in [6.45, 7) is 4.26. The Labute approximate surface area is 397 Å². The number of nitrogens with one attached hydrogen (secondary N) is 2. The van der Waals surface area contributed by atoms with Gasteiger partial charge in [0.25, 0.3) is 0 Å². The smallest absolute Gasteiger partial charge is 0.416 e. The van der Waals surface area contributed by atoms with Crippen LogP contribution < -0.4 is 26.5 Å². The van der Waals surface area contributed by atoms with Crippen molar-refractivity contribution in [2.75, 3.05) is 73.3 Å². The molecule has 364 valence electrons. The molecular formula is C44H38Cl2F8N10O5. The Morgan fingerprint density at radius 3 is 1.54 bits per heavy atom. The normalized spacial score (nSPS) is 14.1. The fraction of sp³-hybridized carbons (Fsp3) is 0.227. The maximum atomic E-state index is 14.2. The number of phenols is 2.